The second-order valence-corrected chi connectivity index (χ2v) is 1.97. The van der Waals surface area contributed by atoms with Gasteiger partial charge >= 0.3 is 0 Å². The largest absolute Gasteiger partial charge is 0.338 e. The van der Waals surface area contributed by atoms with E-state index in [2.05, 4.69) is 31.8 Å². The molecule has 0 amide bonds. The maximum Gasteiger partial charge on any atom is 0.109 e. The molecule has 1 aromatic heterocycles. The zero-order chi connectivity index (χ0) is 8.65. The van der Waals surface area contributed by atoms with Crippen LogP contribution in [-0.2, 0) is 0 Å². The third-order valence-corrected chi connectivity index (χ3v) is 1.12. The van der Waals surface area contributed by atoms with E-state index in [0.717, 1.165) is 5.69 Å². The molecule has 0 aliphatic carbocycles. The molecule has 1 aromatic rings. The lowest BCUT2D eigenvalue weighted by Gasteiger charge is -1.78. The van der Waals surface area contributed by atoms with Gasteiger partial charge in [0.2, 0.25) is 0 Å². The number of nitrogens with zero attached hydrogens (tertiary/aromatic N) is 4. The molecule has 0 aliphatic heterocycles. The predicted molar refractivity (Wildman–Crippen MR) is 44.1 cm³/mol. The van der Waals surface area contributed by atoms with E-state index in [-0.39, 0.29) is 0 Å². The number of rotatable bonds is 2. The Kier molecular flexibility index (Phi) is 3.29. The fraction of sp³-hybridized carbons (Fsp3) is 0.286. The van der Waals surface area contributed by atoms with Crippen molar-refractivity contribution in [2.75, 3.05) is 6.54 Å². The average molecular weight is 161 g/mol. The van der Waals surface area contributed by atoms with Crippen molar-refractivity contribution in [1.82, 2.24) is 9.97 Å². The zero-order valence-electron chi connectivity index (χ0n) is 6.36. The minimum absolute atomic E-state index is 0.414. The molecule has 1 N–H and O–H groups in total. The van der Waals surface area contributed by atoms with Gasteiger partial charge < -0.3 is 4.98 Å². The van der Waals surface area contributed by atoms with E-state index in [9.17, 15) is 0 Å². The van der Waals surface area contributed by atoms with E-state index in [1.165, 1.54) is 0 Å². The number of nitrogens with one attached hydrogen (secondary N) is 1. The average Bonchev–Trinajstić information content (AvgIpc) is 2.57. The second kappa shape index (κ2) is 4.83. The van der Waals surface area contributed by atoms with Crippen molar-refractivity contribution in [3.63, 3.8) is 0 Å². The van der Waals surface area contributed by atoms with Crippen LogP contribution in [0, 0.1) is 11.8 Å². The molecule has 60 valence electrons. The highest BCUT2D eigenvalue weighted by molar-refractivity contribution is 5.24. The first-order valence-electron chi connectivity index (χ1n) is 3.41. The van der Waals surface area contributed by atoms with E-state index in [4.69, 9.17) is 5.53 Å². The number of imidazole rings is 1. The van der Waals surface area contributed by atoms with Gasteiger partial charge in [-0.2, -0.15) is 0 Å². The molecule has 0 aliphatic rings. The maximum absolute atomic E-state index is 7.94. The lowest BCUT2D eigenvalue weighted by atomic mass is 10.4. The van der Waals surface area contributed by atoms with Gasteiger partial charge in [0, 0.05) is 17.9 Å². The summed E-state index contributed by atoms with van der Waals surface area (Å²) < 4.78 is 0. The van der Waals surface area contributed by atoms with Crippen LogP contribution >= 0.6 is 0 Å². The van der Waals surface area contributed by atoms with Gasteiger partial charge in [-0.15, -0.1) is 0 Å². The Morgan fingerprint density at radius 2 is 2.67 bits per heavy atom. The highest BCUT2D eigenvalue weighted by Gasteiger charge is 1.82. The molecule has 5 heteroatoms. The van der Waals surface area contributed by atoms with Crippen LogP contribution in [0.3, 0.4) is 0 Å². The van der Waals surface area contributed by atoms with E-state index in [1.54, 1.807) is 12.5 Å². The molecule has 1 rings (SSSR count). The van der Waals surface area contributed by atoms with Gasteiger partial charge in [0.15, 0.2) is 0 Å². The first-order valence-corrected chi connectivity index (χ1v) is 3.41. The van der Waals surface area contributed by atoms with Gasteiger partial charge in [0.25, 0.3) is 0 Å². The Balaban J connectivity index is 2.35. The summed E-state index contributed by atoms with van der Waals surface area (Å²) in [5, 5.41) is 3.34. The van der Waals surface area contributed by atoms with Crippen LogP contribution in [0.4, 0.5) is 0 Å². The predicted octanol–water partition coefficient (Wildman–Crippen LogP) is 1.46. The zero-order valence-corrected chi connectivity index (χ0v) is 6.36. The summed E-state index contributed by atoms with van der Waals surface area (Å²) in [6.07, 6.45) is 3.78. The maximum atomic E-state index is 7.94. The minimum Gasteiger partial charge on any atom is -0.338 e. The third kappa shape index (κ3) is 2.78. The second-order valence-electron chi connectivity index (χ2n) is 1.97. The van der Waals surface area contributed by atoms with E-state index < -0.39 is 0 Å². The molecule has 0 atom stereocenters. The van der Waals surface area contributed by atoms with Gasteiger partial charge in [0.1, 0.15) is 5.69 Å². The van der Waals surface area contributed by atoms with Gasteiger partial charge in [0.05, 0.1) is 12.5 Å². The number of H-pyrrole nitrogens is 1. The molecule has 0 fully saturated rings. The Hall–Kier alpha value is -1.92. The summed E-state index contributed by atoms with van der Waals surface area (Å²) in [5.74, 6) is 5.67. The summed E-state index contributed by atoms with van der Waals surface area (Å²) in [7, 11) is 0. The highest BCUT2D eigenvalue weighted by atomic mass is 15.1. The van der Waals surface area contributed by atoms with Crippen LogP contribution < -0.4 is 0 Å². The first kappa shape index (κ1) is 8.18. The van der Waals surface area contributed by atoms with Gasteiger partial charge in [-0.05, 0) is 11.5 Å². The van der Waals surface area contributed by atoms with E-state index >= 15 is 0 Å². The molecule has 12 heavy (non-hydrogen) atoms. The summed E-state index contributed by atoms with van der Waals surface area (Å²) in [4.78, 5) is 9.24. The molecule has 0 spiro atoms. The Morgan fingerprint density at radius 1 is 1.75 bits per heavy atom. The van der Waals surface area contributed by atoms with Crippen LogP contribution in [-0.4, -0.2) is 16.5 Å². The first-order chi connectivity index (χ1) is 5.93. The van der Waals surface area contributed by atoms with Crippen molar-refractivity contribution in [3.8, 4) is 11.8 Å². The third-order valence-electron chi connectivity index (χ3n) is 1.12. The lowest BCUT2D eigenvalue weighted by molar-refractivity contribution is 1.01. The molecule has 5 nitrogen and oxygen atoms in total. The fourth-order valence-electron chi connectivity index (χ4n) is 0.633. The van der Waals surface area contributed by atoms with Crippen LogP contribution in [0.2, 0.25) is 0 Å². The number of hydrogen-bond donors (Lipinski definition) is 1. The summed E-state index contributed by atoms with van der Waals surface area (Å²) in [6, 6.07) is 0. The lowest BCUT2D eigenvalue weighted by Crippen LogP contribution is -1.74. The Bertz CT molecular complexity index is 322. The van der Waals surface area contributed by atoms with Crippen molar-refractivity contribution in [3.05, 3.63) is 28.7 Å². The SMILES string of the molecule is [N-]=[N+]=NCCC#Cc1cnc[nH]1. The van der Waals surface area contributed by atoms with E-state index in [1.807, 2.05) is 0 Å². The molecular formula is C7H7N5. The smallest absolute Gasteiger partial charge is 0.109 e. The fourth-order valence-corrected chi connectivity index (χ4v) is 0.633. The van der Waals surface area contributed by atoms with Crippen molar-refractivity contribution in [1.29, 1.82) is 0 Å². The van der Waals surface area contributed by atoms with Crippen molar-refractivity contribution >= 4 is 0 Å². The van der Waals surface area contributed by atoms with Crippen LogP contribution in [0.25, 0.3) is 10.4 Å². The summed E-state index contributed by atoms with van der Waals surface area (Å²) in [6.45, 7) is 0.414. The van der Waals surface area contributed by atoms with Gasteiger partial charge in [-0.1, -0.05) is 11.0 Å². The van der Waals surface area contributed by atoms with Crippen LogP contribution in [0.1, 0.15) is 12.1 Å². The number of aromatic nitrogens is 2. The highest BCUT2D eigenvalue weighted by Crippen LogP contribution is 1.86. The molecule has 0 radical (unpaired) electrons. The molecule has 0 aromatic carbocycles. The van der Waals surface area contributed by atoms with Crippen LogP contribution in [0.15, 0.2) is 17.6 Å². The molecule has 0 unspecified atom stereocenters. The Morgan fingerprint density at radius 3 is 3.33 bits per heavy atom. The quantitative estimate of drug-likeness (QED) is 0.230. The Labute approximate surface area is 69.5 Å². The molecule has 0 saturated heterocycles. The van der Waals surface area contributed by atoms with E-state index in [0.29, 0.717) is 13.0 Å². The molecule has 0 bridgehead atoms. The van der Waals surface area contributed by atoms with Gasteiger partial charge in [-0.3, -0.25) is 0 Å². The standard InChI is InChI=1S/C7H7N5/c8-12-11-4-2-1-3-7-5-9-6-10-7/h5-6H,2,4H2,(H,9,10). The normalized spacial score (nSPS) is 8.00. The number of aromatic amines is 1. The minimum atomic E-state index is 0.414. The summed E-state index contributed by atoms with van der Waals surface area (Å²) >= 11 is 0. The number of azide groups is 1. The van der Waals surface area contributed by atoms with Gasteiger partial charge in [-0.25, -0.2) is 4.98 Å². The van der Waals surface area contributed by atoms with Crippen molar-refractivity contribution < 1.29 is 0 Å². The molecule has 1 heterocycles. The molecular weight excluding hydrogens is 154 g/mol. The van der Waals surface area contributed by atoms with Crippen LogP contribution in [0.5, 0.6) is 0 Å². The van der Waals surface area contributed by atoms with Crippen molar-refractivity contribution in [2.45, 2.75) is 6.42 Å². The topological polar surface area (TPSA) is 77.4 Å². The monoisotopic (exact) mass is 161 g/mol. The van der Waals surface area contributed by atoms with Crippen molar-refractivity contribution in [2.24, 2.45) is 5.11 Å². The number of hydrogen-bond acceptors (Lipinski definition) is 2. The molecule has 0 saturated carbocycles. The summed E-state index contributed by atoms with van der Waals surface area (Å²) in [5.41, 5.74) is 8.72.